The van der Waals surface area contributed by atoms with Gasteiger partial charge in [0.15, 0.2) is 0 Å². The molecule has 2 aliphatic heterocycles. The lowest BCUT2D eigenvalue weighted by atomic mass is 10.0. The minimum atomic E-state index is 0.204. The molecule has 27 heavy (non-hydrogen) atoms. The van der Waals surface area contributed by atoms with Crippen LogP contribution in [0.15, 0.2) is 28.7 Å². The van der Waals surface area contributed by atoms with Crippen LogP contribution in [-0.2, 0) is 11.3 Å². The van der Waals surface area contributed by atoms with Gasteiger partial charge in [-0.25, -0.2) is 0 Å². The molecule has 2 saturated heterocycles. The summed E-state index contributed by atoms with van der Waals surface area (Å²) in [7, 11) is 0. The molecule has 2 aromatic rings. The van der Waals surface area contributed by atoms with E-state index in [2.05, 4.69) is 33.3 Å². The van der Waals surface area contributed by atoms with Crippen molar-refractivity contribution in [2.45, 2.75) is 57.5 Å². The van der Waals surface area contributed by atoms with Crippen molar-refractivity contribution in [3.63, 3.8) is 0 Å². The van der Waals surface area contributed by atoms with Crippen LogP contribution in [0.2, 0.25) is 0 Å². The van der Waals surface area contributed by atoms with Crippen molar-refractivity contribution in [3.8, 4) is 5.75 Å². The zero-order valence-corrected chi connectivity index (χ0v) is 16.1. The molecule has 6 nitrogen and oxygen atoms in total. The highest BCUT2D eigenvalue weighted by molar-refractivity contribution is 5.28. The summed E-state index contributed by atoms with van der Waals surface area (Å²) in [5, 5.41) is 8.81. The summed E-state index contributed by atoms with van der Waals surface area (Å²) in [6, 6.07) is 8.58. The van der Waals surface area contributed by atoms with Crippen molar-refractivity contribution in [2.24, 2.45) is 0 Å². The SMILES string of the molecule is CCOc1cccc(CN2CCCCC2c2nnc(C3CCOCC3)o2)c1. The number of rotatable bonds is 6. The Morgan fingerprint density at radius 1 is 1.11 bits per heavy atom. The van der Waals surface area contributed by atoms with Gasteiger partial charge in [-0.05, 0) is 56.8 Å². The molecule has 146 valence electrons. The fourth-order valence-corrected chi connectivity index (χ4v) is 4.09. The Bertz CT molecular complexity index is 727. The van der Waals surface area contributed by atoms with E-state index in [1.54, 1.807) is 0 Å². The van der Waals surface area contributed by atoms with Crippen LogP contribution < -0.4 is 4.74 Å². The van der Waals surface area contributed by atoms with E-state index in [0.717, 1.165) is 63.1 Å². The van der Waals surface area contributed by atoms with Crippen LogP contribution in [0.4, 0.5) is 0 Å². The lowest BCUT2D eigenvalue weighted by Crippen LogP contribution is -2.33. The van der Waals surface area contributed by atoms with Crippen LogP contribution in [-0.4, -0.2) is 41.5 Å². The Hall–Kier alpha value is -1.92. The van der Waals surface area contributed by atoms with Gasteiger partial charge >= 0.3 is 0 Å². The van der Waals surface area contributed by atoms with Crippen molar-refractivity contribution >= 4 is 0 Å². The van der Waals surface area contributed by atoms with Gasteiger partial charge in [-0.2, -0.15) is 0 Å². The van der Waals surface area contributed by atoms with Crippen LogP contribution in [0.1, 0.15) is 68.3 Å². The summed E-state index contributed by atoms with van der Waals surface area (Å²) in [6.45, 7) is 6.20. The van der Waals surface area contributed by atoms with Gasteiger partial charge in [0.05, 0.1) is 12.6 Å². The minimum absolute atomic E-state index is 0.204. The van der Waals surface area contributed by atoms with Crippen LogP contribution in [0, 0.1) is 0 Å². The van der Waals surface area contributed by atoms with Gasteiger partial charge in [0.1, 0.15) is 5.75 Å². The van der Waals surface area contributed by atoms with Crippen LogP contribution in [0.3, 0.4) is 0 Å². The maximum absolute atomic E-state index is 6.15. The second-order valence-electron chi connectivity index (χ2n) is 7.43. The monoisotopic (exact) mass is 371 g/mol. The van der Waals surface area contributed by atoms with Crippen molar-refractivity contribution in [3.05, 3.63) is 41.6 Å². The van der Waals surface area contributed by atoms with Crippen LogP contribution in [0.25, 0.3) is 0 Å². The number of benzene rings is 1. The molecule has 0 bridgehead atoms. The van der Waals surface area contributed by atoms with E-state index in [4.69, 9.17) is 13.9 Å². The van der Waals surface area contributed by atoms with Crippen LogP contribution in [0.5, 0.6) is 5.75 Å². The molecule has 4 rings (SSSR count). The molecule has 1 aromatic heterocycles. The Balaban J connectivity index is 1.47. The molecule has 1 atom stereocenters. The summed E-state index contributed by atoms with van der Waals surface area (Å²) in [5.74, 6) is 2.84. The molecule has 3 heterocycles. The molecular weight excluding hydrogens is 342 g/mol. The largest absolute Gasteiger partial charge is 0.494 e. The van der Waals surface area contributed by atoms with Gasteiger partial charge in [-0.15, -0.1) is 10.2 Å². The molecule has 0 radical (unpaired) electrons. The maximum Gasteiger partial charge on any atom is 0.233 e. The first-order valence-electron chi connectivity index (χ1n) is 10.2. The second kappa shape index (κ2) is 8.85. The molecule has 0 N–H and O–H groups in total. The lowest BCUT2D eigenvalue weighted by molar-refractivity contribution is 0.0768. The minimum Gasteiger partial charge on any atom is -0.494 e. The number of ether oxygens (including phenoxy) is 2. The van der Waals surface area contributed by atoms with E-state index >= 15 is 0 Å². The summed E-state index contributed by atoms with van der Waals surface area (Å²) in [6.07, 6.45) is 5.43. The van der Waals surface area contributed by atoms with Gasteiger partial charge in [0.25, 0.3) is 0 Å². The molecule has 0 aliphatic carbocycles. The van der Waals surface area contributed by atoms with Gasteiger partial charge < -0.3 is 13.9 Å². The summed E-state index contributed by atoms with van der Waals surface area (Å²) < 4.78 is 17.2. The highest BCUT2D eigenvalue weighted by Gasteiger charge is 2.30. The highest BCUT2D eigenvalue weighted by atomic mass is 16.5. The number of hydrogen-bond acceptors (Lipinski definition) is 6. The lowest BCUT2D eigenvalue weighted by Gasteiger charge is -2.33. The van der Waals surface area contributed by atoms with Gasteiger partial charge in [0, 0.05) is 25.7 Å². The second-order valence-corrected chi connectivity index (χ2v) is 7.43. The molecule has 2 aliphatic rings. The normalized spacial score (nSPS) is 22.0. The van der Waals surface area contributed by atoms with E-state index in [0.29, 0.717) is 12.5 Å². The third kappa shape index (κ3) is 4.50. The Kier molecular flexibility index (Phi) is 6.04. The third-order valence-corrected chi connectivity index (χ3v) is 5.52. The topological polar surface area (TPSA) is 60.6 Å². The van der Waals surface area contributed by atoms with Crippen molar-refractivity contribution < 1.29 is 13.9 Å². The fourth-order valence-electron chi connectivity index (χ4n) is 4.09. The number of hydrogen-bond donors (Lipinski definition) is 0. The highest BCUT2D eigenvalue weighted by Crippen LogP contribution is 2.34. The quantitative estimate of drug-likeness (QED) is 0.762. The number of aromatic nitrogens is 2. The van der Waals surface area contributed by atoms with E-state index in [1.807, 2.05) is 13.0 Å². The molecule has 0 saturated carbocycles. The van der Waals surface area contributed by atoms with Gasteiger partial charge in [-0.3, -0.25) is 4.90 Å². The van der Waals surface area contributed by atoms with Crippen molar-refractivity contribution in [1.82, 2.24) is 15.1 Å². The summed E-state index contributed by atoms with van der Waals surface area (Å²) in [4.78, 5) is 2.47. The number of likely N-dealkylation sites (tertiary alicyclic amines) is 1. The average Bonchev–Trinajstić information content (AvgIpc) is 3.20. The Morgan fingerprint density at radius 3 is 2.81 bits per heavy atom. The first-order chi connectivity index (χ1) is 13.3. The molecule has 0 amide bonds. The van der Waals surface area contributed by atoms with E-state index in [1.165, 1.54) is 18.4 Å². The van der Waals surface area contributed by atoms with Gasteiger partial charge in [0.2, 0.25) is 11.8 Å². The molecular formula is C21H29N3O3. The first kappa shape index (κ1) is 18.4. The van der Waals surface area contributed by atoms with Crippen molar-refractivity contribution in [1.29, 1.82) is 0 Å². The Morgan fingerprint density at radius 2 is 1.96 bits per heavy atom. The van der Waals surface area contributed by atoms with Crippen LogP contribution >= 0.6 is 0 Å². The zero-order chi connectivity index (χ0) is 18.5. The molecule has 0 spiro atoms. The third-order valence-electron chi connectivity index (χ3n) is 5.52. The molecule has 1 unspecified atom stereocenters. The van der Waals surface area contributed by atoms with E-state index in [-0.39, 0.29) is 6.04 Å². The number of piperidine rings is 1. The fraction of sp³-hybridized carbons (Fsp3) is 0.619. The van der Waals surface area contributed by atoms with E-state index in [9.17, 15) is 0 Å². The van der Waals surface area contributed by atoms with E-state index < -0.39 is 0 Å². The molecule has 6 heteroatoms. The molecule has 1 aromatic carbocycles. The summed E-state index contributed by atoms with van der Waals surface area (Å²) in [5.41, 5.74) is 1.26. The van der Waals surface area contributed by atoms with Gasteiger partial charge in [-0.1, -0.05) is 18.6 Å². The first-order valence-corrected chi connectivity index (χ1v) is 10.2. The summed E-state index contributed by atoms with van der Waals surface area (Å²) >= 11 is 0. The predicted molar refractivity (Wildman–Crippen MR) is 102 cm³/mol. The standard InChI is InChI=1S/C21H29N3O3/c1-2-26-18-7-5-6-16(14-18)15-24-11-4-3-8-19(24)21-23-22-20(27-21)17-9-12-25-13-10-17/h5-7,14,17,19H,2-4,8-13,15H2,1H3. The predicted octanol–water partition coefficient (Wildman–Crippen LogP) is 4.09. The van der Waals surface area contributed by atoms with Crippen molar-refractivity contribution in [2.75, 3.05) is 26.4 Å². The zero-order valence-electron chi connectivity index (χ0n) is 16.1. The smallest absolute Gasteiger partial charge is 0.233 e. The maximum atomic E-state index is 6.15. The average molecular weight is 371 g/mol. The number of nitrogens with zero attached hydrogens (tertiary/aromatic N) is 3. The Labute approximate surface area is 160 Å². The molecule has 2 fully saturated rings.